The van der Waals surface area contributed by atoms with Crippen LogP contribution in [0.4, 0.5) is 0 Å². The molecular formula is C17H26N2O2S. The summed E-state index contributed by atoms with van der Waals surface area (Å²) < 4.78 is 5.28. The third-order valence-corrected chi connectivity index (χ3v) is 5.26. The smallest absolute Gasteiger partial charge is 0.224 e. The fraction of sp³-hybridized carbons (Fsp3) is 0.588. The number of carbonyl (C=O) groups is 1. The fourth-order valence-corrected chi connectivity index (χ4v) is 3.78. The average Bonchev–Trinajstić information content (AvgIpc) is 2.56. The fourth-order valence-electron chi connectivity index (χ4n) is 2.83. The molecule has 2 atom stereocenters. The number of nitrogens with one attached hydrogen (secondary N) is 1. The van der Waals surface area contributed by atoms with E-state index >= 15 is 0 Å². The Kier molecular flexibility index (Phi) is 6.58. The van der Waals surface area contributed by atoms with Crippen LogP contribution in [0.2, 0.25) is 0 Å². The molecule has 1 aromatic carbocycles. The van der Waals surface area contributed by atoms with E-state index in [1.165, 1.54) is 0 Å². The summed E-state index contributed by atoms with van der Waals surface area (Å²) in [6.07, 6.45) is 0.579. The van der Waals surface area contributed by atoms with Crippen molar-refractivity contribution in [2.24, 2.45) is 0 Å². The van der Waals surface area contributed by atoms with Crippen LogP contribution in [0.5, 0.6) is 5.75 Å². The molecule has 2 unspecified atom stereocenters. The van der Waals surface area contributed by atoms with Crippen LogP contribution >= 0.6 is 11.8 Å². The Morgan fingerprint density at radius 2 is 2.36 bits per heavy atom. The van der Waals surface area contributed by atoms with Gasteiger partial charge < -0.3 is 15.0 Å². The summed E-state index contributed by atoms with van der Waals surface area (Å²) in [4.78, 5) is 14.6. The summed E-state index contributed by atoms with van der Waals surface area (Å²) in [5.74, 6) is 3.22. The van der Waals surface area contributed by atoms with Crippen LogP contribution in [0, 0.1) is 0 Å². The number of hydrogen-bond donors (Lipinski definition) is 1. The summed E-state index contributed by atoms with van der Waals surface area (Å²) in [6.45, 7) is 5.84. The predicted octanol–water partition coefficient (Wildman–Crippen LogP) is 2.70. The van der Waals surface area contributed by atoms with Crippen molar-refractivity contribution in [1.82, 2.24) is 10.2 Å². The van der Waals surface area contributed by atoms with Gasteiger partial charge in [0, 0.05) is 37.1 Å². The number of hydrogen-bond acceptors (Lipinski definition) is 4. The van der Waals surface area contributed by atoms with Gasteiger partial charge in [-0.15, -0.1) is 0 Å². The summed E-state index contributed by atoms with van der Waals surface area (Å²) in [6, 6.07) is 8.33. The highest BCUT2D eigenvalue weighted by atomic mass is 32.2. The second-order valence-corrected chi connectivity index (χ2v) is 6.71. The van der Waals surface area contributed by atoms with Gasteiger partial charge in [-0.05, 0) is 31.5 Å². The van der Waals surface area contributed by atoms with Crippen molar-refractivity contribution in [3.8, 4) is 5.75 Å². The maximum atomic E-state index is 12.7. The first-order valence-corrected chi connectivity index (χ1v) is 9.05. The summed E-state index contributed by atoms with van der Waals surface area (Å²) >= 11 is 1.92. The molecule has 1 saturated heterocycles. The SMILES string of the molecule is CCN(C(=O)CC1CSCCN1)C(C)c1cccc(OC)c1. The van der Waals surface area contributed by atoms with Gasteiger partial charge in [-0.1, -0.05) is 12.1 Å². The highest BCUT2D eigenvalue weighted by Crippen LogP contribution is 2.25. The van der Waals surface area contributed by atoms with Crippen LogP contribution in [0.1, 0.15) is 31.9 Å². The summed E-state index contributed by atoms with van der Waals surface area (Å²) in [5.41, 5.74) is 1.11. The van der Waals surface area contributed by atoms with E-state index in [-0.39, 0.29) is 11.9 Å². The van der Waals surface area contributed by atoms with Crippen LogP contribution in [0.25, 0.3) is 0 Å². The molecule has 1 N–H and O–H groups in total. The van der Waals surface area contributed by atoms with Gasteiger partial charge >= 0.3 is 0 Å². The molecule has 1 amide bonds. The van der Waals surface area contributed by atoms with Crippen LogP contribution < -0.4 is 10.1 Å². The molecule has 1 heterocycles. The topological polar surface area (TPSA) is 41.6 Å². The maximum Gasteiger partial charge on any atom is 0.224 e. The number of thioether (sulfide) groups is 1. The molecule has 22 heavy (non-hydrogen) atoms. The predicted molar refractivity (Wildman–Crippen MR) is 92.5 cm³/mol. The average molecular weight is 322 g/mol. The van der Waals surface area contributed by atoms with Crippen molar-refractivity contribution >= 4 is 17.7 Å². The molecule has 0 radical (unpaired) electrons. The number of rotatable bonds is 6. The molecule has 0 bridgehead atoms. The van der Waals surface area contributed by atoms with Gasteiger partial charge in [-0.2, -0.15) is 11.8 Å². The third kappa shape index (κ3) is 4.40. The zero-order valence-electron chi connectivity index (χ0n) is 13.7. The zero-order valence-corrected chi connectivity index (χ0v) is 14.5. The normalized spacial score (nSPS) is 19.5. The number of ether oxygens (including phenoxy) is 1. The monoisotopic (exact) mass is 322 g/mol. The van der Waals surface area contributed by atoms with Crippen molar-refractivity contribution in [1.29, 1.82) is 0 Å². The Labute approximate surface area is 137 Å². The Balaban J connectivity index is 2.03. The Morgan fingerprint density at radius 3 is 3.00 bits per heavy atom. The van der Waals surface area contributed by atoms with E-state index in [2.05, 4.69) is 18.3 Å². The summed E-state index contributed by atoms with van der Waals surface area (Å²) in [5, 5.41) is 3.44. The largest absolute Gasteiger partial charge is 0.497 e. The number of carbonyl (C=O) groups excluding carboxylic acids is 1. The number of nitrogens with zero attached hydrogens (tertiary/aromatic N) is 1. The molecule has 2 rings (SSSR count). The molecule has 0 aromatic heterocycles. The van der Waals surface area contributed by atoms with Crippen LogP contribution in [0.3, 0.4) is 0 Å². The van der Waals surface area contributed by atoms with Crippen molar-refractivity contribution in [2.45, 2.75) is 32.4 Å². The molecular weight excluding hydrogens is 296 g/mol. The standard InChI is InChI=1S/C17H26N2O2S/c1-4-19(17(20)11-15-12-22-9-8-18-15)13(2)14-6-5-7-16(10-14)21-3/h5-7,10,13,15,18H,4,8-9,11-12H2,1-3H3. The molecule has 0 spiro atoms. The van der Waals surface area contributed by atoms with Crippen molar-refractivity contribution in [2.75, 3.05) is 31.7 Å². The van der Waals surface area contributed by atoms with E-state index in [9.17, 15) is 4.79 Å². The quantitative estimate of drug-likeness (QED) is 0.874. The molecule has 0 aliphatic carbocycles. The van der Waals surface area contributed by atoms with Gasteiger partial charge in [0.25, 0.3) is 0 Å². The Hall–Kier alpha value is -1.20. The first kappa shape index (κ1) is 17.2. The highest BCUT2D eigenvalue weighted by Gasteiger charge is 2.24. The highest BCUT2D eigenvalue weighted by molar-refractivity contribution is 7.99. The van der Waals surface area contributed by atoms with E-state index < -0.39 is 0 Å². The lowest BCUT2D eigenvalue weighted by Crippen LogP contribution is -2.43. The Morgan fingerprint density at radius 1 is 1.55 bits per heavy atom. The van der Waals surface area contributed by atoms with Gasteiger partial charge in [-0.25, -0.2) is 0 Å². The molecule has 1 aromatic rings. The van der Waals surface area contributed by atoms with Gasteiger partial charge in [0.2, 0.25) is 5.91 Å². The minimum Gasteiger partial charge on any atom is -0.497 e. The second kappa shape index (κ2) is 8.44. The molecule has 0 saturated carbocycles. The Bertz CT molecular complexity index is 489. The zero-order chi connectivity index (χ0) is 15.9. The van der Waals surface area contributed by atoms with Crippen molar-refractivity contribution in [3.63, 3.8) is 0 Å². The molecule has 1 aliphatic heterocycles. The molecule has 5 heteroatoms. The van der Waals surface area contributed by atoms with Gasteiger partial charge in [0.15, 0.2) is 0 Å². The first-order chi connectivity index (χ1) is 10.7. The lowest BCUT2D eigenvalue weighted by atomic mass is 10.1. The second-order valence-electron chi connectivity index (χ2n) is 5.56. The summed E-state index contributed by atoms with van der Waals surface area (Å²) in [7, 11) is 1.67. The minimum atomic E-state index is 0.0591. The molecule has 122 valence electrons. The van der Waals surface area contributed by atoms with E-state index in [0.717, 1.165) is 35.9 Å². The van der Waals surface area contributed by atoms with E-state index in [4.69, 9.17) is 4.74 Å². The number of amides is 1. The lowest BCUT2D eigenvalue weighted by molar-refractivity contribution is -0.133. The minimum absolute atomic E-state index is 0.0591. The van der Waals surface area contributed by atoms with E-state index in [1.54, 1.807) is 7.11 Å². The molecule has 1 fully saturated rings. The van der Waals surface area contributed by atoms with Crippen LogP contribution in [-0.2, 0) is 4.79 Å². The molecule has 4 nitrogen and oxygen atoms in total. The lowest BCUT2D eigenvalue weighted by Gasteiger charge is -2.31. The first-order valence-electron chi connectivity index (χ1n) is 7.90. The van der Waals surface area contributed by atoms with Crippen LogP contribution in [0.15, 0.2) is 24.3 Å². The van der Waals surface area contributed by atoms with Gasteiger partial charge in [-0.3, -0.25) is 4.79 Å². The van der Waals surface area contributed by atoms with E-state index in [0.29, 0.717) is 12.5 Å². The van der Waals surface area contributed by atoms with Gasteiger partial charge in [0.05, 0.1) is 13.2 Å². The van der Waals surface area contributed by atoms with Crippen LogP contribution in [-0.4, -0.2) is 48.6 Å². The van der Waals surface area contributed by atoms with Crippen molar-refractivity contribution in [3.05, 3.63) is 29.8 Å². The number of methoxy groups -OCH3 is 1. The maximum absolute atomic E-state index is 12.7. The molecule has 1 aliphatic rings. The van der Waals surface area contributed by atoms with E-state index in [1.807, 2.05) is 41.8 Å². The number of benzene rings is 1. The van der Waals surface area contributed by atoms with Gasteiger partial charge in [0.1, 0.15) is 5.75 Å². The van der Waals surface area contributed by atoms with Crippen molar-refractivity contribution < 1.29 is 9.53 Å². The third-order valence-electron chi connectivity index (χ3n) is 4.12.